The quantitative estimate of drug-likeness (QED) is 0.772. The predicted molar refractivity (Wildman–Crippen MR) is 73.4 cm³/mol. The van der Waals surface area contributed by atoms with E-state index in [1.54, 1.807) is 0 Å². The topological polar surface area (TPSA) is 24.5 Å². The monoisotopic (exact) mass is 242 g/mol. The molecule has 1 aliphatic rings. The summed E-state index contributed by atoms with van der Waals surface area (Å²) in [5, 5.41) is 3.69. The van der Waals surface area contributed by atoms with Crippen LogP contribution in [0.1, 0.15) is 40.5 Å². The van der Waals surface area contributed by atoms with E-state index in [4.69, 9.17) is 4.74 Å². The minimum Gasteiger partial charge on any atom is -0.377 e. The fourth-order valence-electron chi connectivity index (χ4n) is 2.56. The first kappa shape index (κ1) is 14.9. The lowest BCUT2D eigenvalue weighted by atomic mass is 9.99. The van der Waals surface area contributed by atoms with Crippen molar-refractivity contribution in [3.63, 3.8) is 0 Å². The van der Waals surface area contributed by atoms with Crippen LogP contribution >= 0.6 is 0 Å². The first-order valence-corrected chi connectivity index (χ1v) is 7.24. The Morgan fingerprint density at radius 1 is 1.35 bits per heavy atom. The number of rotatable bonds is 6. The van der Waals surface area contributed by atoms with Crippen molar-refractivity contribution in [1.82, 2.24) is 10.2 Å². The summed E-state index contributed by atoms with van der Waals surface area (Å²) in [4.78, 5) is 2.57. The van der Waals surface area contributed by atoms with Crippen LogP contribution in [0.4, 0.5) is 0 Å². The van der Waals surface area contributed by atoms with Crippen LogP contribution in [-0.4, -0.2) is 49.8 Å². The van der Waals surface area contributed by atoms with Gasteiger partial charge in [0.2, 0.25) is 0 Å². The highest BCUT2D eigenvalue weighted by Crippen LogP contribution is 2.13. The van der Waals surface area contributed by atoms with Gasteiger partial charge in [0, 0.05) is 25.7 Å². The van der Waals surface area contributed by atoms with Crippen molar-refractivity contribution in [2.45, 2.75) is 52.7 Å². The molecular weight excluding hydrogens is 212 g/mol. The summed E-state index contributed by atoms with van der Waals surface area (Å²) in [5.41, 5.74) is 0. The van der Waals surface area contributed by atoms with Gasteiger partial charge in [0.15, 0.2) is 0 Å². The Hall–Kier alpha value is -0.120. The number of nitrogens with one attached hydrogen (secondary N) is 1. The molecule has 1 rings (SSSR count). The maximum atomic E-state index is 5.65. The number of hydrogen-bond donors (Lipinski definition) is 1. The van der Waals surface area contributed by atoms with Gasteiger partial charge in [-0.05, 0) is 39.3 Å². The van der Waals surface area contributed by atoms with Crippen molar-refractivity contribution in [2.75, 3.05) is 32.8 Å². The van der Waals surface area contributed by atoms with E-state index >= 15 is 0 Å². The second kappa shape index (κ2) is 8.06. The summed E-state index contributed by atoms with van der Waals surface area (Å²) in [6.45, 7) is 14.3. The average Bonchev–Trinajstić information content (AvgIpc) is 2.54. The van der Waals surface area contributed by atoms with Gasteiger partial charge in [-0.25, -0.2) is 0 Å². The molecule has 0 aromatic heterocycles. The van der Waals surface area contributed by atoms with Crippen LogP contribution in [0.3, 0.4) is 0 Å². The molecule has 1 fully saturated rings. The summed E-state index contributed by atoms with van der Waals surface area (Å²) in [5.74, 6) is 0.762. The Kier molecular flexibility index (Phi) is 7.09. The van der Waals surface area contributed by atoms with Crippen molar-refractivity contribution in [3.05, 3.63) is 0 Å². The third-order valence-electron chi connectivity index (χ3n) is 3.81. The lowest BCUT2D eigenvalue weighted by Gasteiger charge is -2.29. The molecule has 0 spiro atoms. The molecule has 3 heteroatoms. The SMILES string of the molecule is CCOC(C)CN1CCCNC(C(C)CC)C1. The first-order chi connectivity index (χ1) is 8.17. The fraction of sp³-hybridized carbons (Fsp3) is 1.00. The van der Waals surface area contributed by atoms with E-state index in [1.807, 2.05) is 0 Å². The summed E-state index contributed by atoms with van der Waals surface area (Å²) in [6.07, 6.45) is 2.87. The van der Waals surface area contributed by atoms with Crippen LogP contribution in [0, 0.1) is 5.92 Å². The van der Waals surface area contributed by atoms with E-state index in [2.05, 4.69) is 37.9 Å². The van der Waals surface area contributed by atoms with Crippen LogP contribution < -0.4 is 5.32 Å². The van der Waals surface area contributed by atoms with E-state index in [0.29, 0.717) is 12.1 Å². The van der Waals surface area contributed by atoms with Gasteiger partial charge >= 0.3 is 0 Å². The molecule has 3 unspecified atom stereocenters. The van der Waals surface area contributed by atoms with E-state index in [0.717, 1.165) is 25.6 Å². The lowest BCUT2D eigenvalue weighted by molar-refractivity contribution is 0.0439. The van der Waals surface area contributed by atoms with Crippen molar-refractivity contribution >= 4 is 0 Å². The van der Waals surface area contributed by atoms with Crippen molar-refractivity contribution in [3.8, 4) is 0 Å². The molecule has 1 N–H and O–H groups in total. The number of ether oxygens (including phenoxy) is 1. The first-order valence-electron chi connectivity index (χ1n) is 7.24. The van der Waals surface area contributed by atoms with E-state index in [9.17, 15) is 0 Å². The second-order valence-electron chi connectivity index (χ2n) is 5.33. The van der Waals surface area contributed by atoms with Crippen LogP contribution in [0.15, 0.2) is 0 Å². The maximum absolute atomic E-state index is 5.65. The zero-order valence-corrected chi connectivity index (χ0v) is 12.0. The molecule has 3 atom stereocenters. The molecule has 0 aromatic carbocycles. The molecule has 0 radical (unpaired) electrons. The molecule has 102 valence electrons. The molecule has 0 amide bonds. The van der Waals surface area contributed by atoms with E-state index < -0.39 is 0 Å². The zero-order chi connectivity index (χ0) is 12.7. The summed E-state index contributed by atoms with van der Waals surface area (Å²) >= 11 is 0. The molecule has 1 saturated heterocycles. The van der Waals surface area contributed by atoms with Gasteiger partial charge < -0.3 is 10.1 Å². The van der Waals surface area contributed by atoms with Crippen molar-refractivity contribution in [2.24, 2.45) is 5.92 Å². The maximum Gasteiger partial charge on any atom is 0.0673 e. The molecule has 17 heavy (non-hydrogen) atoms. The Labute approximate surface area is 107 Å². The van der Waals surface area contributed by atoms with Gasteiger partial charge in [-0.1, -0.05) is 20.3 Å². The summed E-state index contributed by atoms with van der Waals surface area (Å²) in [6, 6.07) is 0.649. The largest absolute Gasteiger partial charge is 0.377 e. The zero-order valence-electron chi connectivity index (χ0n) is 12.0. The smallest absolute Gasteiger partial charge is 0.0673 e. The molecule has 1 heterocycles. The minimum atomic E-state index is 0.357. The Morgan fingerprint density at radius 3 is 2.76 bits per heavy atom. The molecule has 0 bridgehead atoms. The Morgan fingerprint density at radius 2 is 2.12 bits per heavy atom. The van der Waals surface area contributed by atoms with Gasteiger partial charge in [0.1, 0.15) is 0 Å². The van der Waals surface area contributed by atoms with E-state index in [-0.39, 0.29) is 0 Å². The van der Waals surface area contributed by atoms with E-state index in [1.165, 1.54) is 25.9 Å². The van der Waals surface area contributed by atoms with Gasteiger partial charge in [0.25, 0.3) is 0 Å². The molecule has 3 nitrogen and oxygen atoms in total. The number of hydrogen-bond acceptors (Lipinski definition) is 3. The third kappa shape index (κ3) is 5.36. The van der Waals surface area contributed by atoms with Gasteiger partial charge in [0.05, 0.1) is 6.10 Å². The van der Waals surface area contributed by atoms with Crippen LogP contribution in [0.25, 0.3) is 0 Å². The molecular formula is C14H30N2O. The standard InChI is InChI=1S/C14H30N2O/c1-5-12(3)14-11-16(9-7-8-15-14)10-13(4)17-6-2/h12-15H,5-11H2,1-4H3. The van der Waals surface area contributed by atoms with Gasteiger partial charge in [-0.2, -0.15) is 0 Å². The third-order valence-corrected chi connectivity index (χ3v) is 3.81. The van der Waals surface area contributed by atoms with Crippen LogP contribution in [-0.2, 0) is 4.74 Å². The lowest BCUT2D eigenvalue weighted by Crippen LogP contribution is -2.44. The highest BCUT2D eigenvalue weighted by atomic mass is 16.5. The Bertz CT molecular complexity index is 199. The molecule has 0 aromatic rings. The second-order valence-corrected chi connectivity index (χ2v) is 5.33. The highest BCUT2D eigenvalue weighted by Gasteiger charge is 2.22. The summed E-state index contributed by atoms with van der Waals surface area (Å²) < 4.78 is 5.65. The van der Waals surface area contributed by atoms with Crippen molar-refractivity contribution < 1.29 is 4.74 Å². The van der Waals surface area contributed by atoms with Gasteiger partial charge in [-0.3, -0.25) is 4.90 Å². The predicted octanol–water partition coefficient (Wildman–Crippen LogP) is 2.12. The Balaban J connectivity index is 2.42. The van der Waals surface area contributed by atoms with Crippen LogP contribution in [0.2, 0.25) is 0 Å². The molecule has 0 saturated carbocycles. The molecule has 0 aliphatic carbocycles. The normalized spacial score (nSPS) is 26.5. The minimum absolute atomic E-state index is 0.357. The van der Waals surface area contributed by atoms with Crippen molar-refractivity contribution in [1.29, 1.82) is 0 Å². The van der Waals surface area contributed by atoms with Gasteiger partial charge in [-0.15, -0.1) is 0 Å². The fourth-order valence-corrected chi connectivity index (χ4v) is 2.56. The average molecular weight is 242 g/mol. The highest BCUT2D eigenvalue weighted by molar-refractivity contribution is 4.80. The number of nitrogens with zero attached hydrogens (tertiary/aromatic N) is 1. The molecule has 1 aliphatic heterocycles. The summed E-state index contributed by atoms with van der Waals surface area (Å²) in [7, 11) is 0. The van der Waals surface area contributed by atoms with Crippen LogP contribution in [0.5, 0.6) is 0 Å².